The van der Waals surface area contributed by atoms with E-state index in [0.717, 1.165) is 12.2 Å². The molecule has 0 aliphatic heterocycles. The van der Waals surface area contributed by atoms with Crippen molar-refractivity contribution in [1.29, 1.82) is 0 Å². The summed E-state index contributed by atoms with van der Waals surface area (Å²) < 4.78 is 0. The smallest absolute Gasteiger partial charge is 0.0710 e. The van der Waals surface area contributed by atoms with E-state index in [-0.39, 0.29) is 0 Å². The SMILES string of the molecule is CCC(C)(O)CSc1ccc(C(C)C)cc1. The molecule has 0 radical (unpaired) electrons. The number of aliphatic hydroxyl groups is 1. The molecule has 1 N–H and O–H groups in total. The summed E-state index contributed by atoms with van der Waals surface area (Å²) in [6.07, 6.45) is 0.796. The number of hydrogen-bond acceptors (Lipinski definition) is 2. The first-order valence-electron chi connectivity index (χ1n) is 5.90. The van der Waals surface area contributed by atoms with E-state index in [9.17, 15) is 5.11 Å². The van der Waals surface area contributed by atoms with Crippen molar-refractivity contribution in [1.82, 2.24) is 0 Å². The van der Waals surface area contributed by atoms with Crippen molar-refractivity contribution in [3.63, 3.8) is 0 Å². The molecule has 0 spiro atoms. The second-order valence-electron chi connectivity index (χ2n) is 4.86. The Labute approximate surface area is 103 Å². The summed E-state index contributed by atoms with van der Waals surface area (Å²) in [5, 5.41) is 9.91. The maximum atomic E-state index is 9.91. The lowest BCUT2D eigenvalue weighted by Crippen LogP contribution is -2.25. The Kier molecular flexibility index (Phi) is 4.88. The molecular weight excluding hydrogens is 216 g/mol. The molecule has 2 heteroatoms. The molecule has 0 saturated carbocycles. The number of hydrogen-bond donors (Lipinski definition) is 1. The normalized spacial score (nSPS) is 15.1. The highest BCUT2D eigenvalue weighted by atomic mass is 32.2. The maximum absolute atomic E-state index is 9.91. The summed E-state index contributed by atoms with van der Waals surface area (Å²) in [5.41, 5.74) is 0.813. The van der Waals surface area contributed by atoms with Gasteiger partial charge in [0.15, 0.2) is 0 Å². The predicted molar refractivity (Wildman–Crippen MR) is 72.2 cm³/mol. The average Bonchev–Trinajstić information content (AvgIpc) is 2.27. The van der Waals surface area contributed by atoms with E-state index in [0.29, 0.717) is 5.92 Å². The van der Waals surface area contributed by atoms with E-state index in [1.165, 1.54) is 10.5 Å². The Morgan fingerprint density at radius 3 is 2.25 bits per heavy atom. The van der Waals surface area contributed by atoms with Gasteiger partial charge in [0.25, 0.3) is 0 Å². The molecule has 0 amide bonds. The van der Waals surface area contributed by atoms with Crippen LogP contribution in [0.15, 0.2) is 29.2 Å². The summed E-state index contributed by atoms with van der Waals surface area (Å²) in [6, 6.07) is 8.64. The molecule has 90 valence electrons. The van der Waals surface area contributed by atoms with Crippen molar-refractivity contribution < 1.29 is 5.11 Å². The van der Waals surface area contributed by atoms with Crippen molar-refractivity contribution >= 4 is 11.8 Å². The molecule has 1 nitrogen and oxygen atoms in total. The molecule has 1 unspecified atom stereocenters. The quantitative estimate of drug-likeness (QED) is 0.781. The lowest BCUT2D eigenvalue weighted by atomic mass is 10.0. The van der Waals surface area contributed by atoms with Crippen molar-refractivity contribution in [3.05, 3.63) is 29.8 Å². The van der Waals surface area contributed by atoms with Gasteiger partial charge in [-0.2, -0.15) is 0 Å². The maximum Gasteiger partial charge on any atom is 0.0710 e. The monoisotopic (exact) mass is 238 g/mol. The van der Waals surface area contributed by atoms with Gasteiger partial charge < -0.3 is 5.11 Å². The molecule has 0 heterocycles. The summed E-state index contributed by atoms with van der Waals surface area (Å²) in [7, 11) is 0. The van der Waals surface area contributed by atoms with Gasteiger partial charge in [-0.3, -0.25) is 0 Å². The summed E-state index contributed by atoms with van der Waals surface area (Å²) in [5.74, 6) is 1.34. The number of thioether (sulfide) groups is 1. The first-order valence-corrected chi connectivity index (χ1v) is 6.88. The third kappa shape index (κ3) is 4.18. The van der Waals surface area contributed by atoms with E-state index in [1.54, 1.807) is 11.8 Å². The highest BCUT2D eigenvalue weighted by molar-refractivity contribution is 7.99. The molecular formula is C14H22OS. The van der Waals surface area contributed by atoms with Gasteiger partial charge in [0.05, 0.1) is 5.60 Å². The van der Waals surface area contributed by atoms with E-state index in [1.807, 2.05) is 13.8 Å². The van der Waals surface area contributed by atoms with E-state index < -0.39 is 5.60 Å². The van der Waals surface area contributed by atoms with Gasteiger partial charge >= 0.3 is 0 Å². The minimum absolute atomic E-state index is 0.554. The molecule has 0 bridgehead atoms. The largest absolute Gasteiger partial charge is 0.389 e. The lowest BCUT2D eigenvalue weighted by Gasteiger charge is -2.20. The van der Waals surface area contributed by atoms with Gasteiger partial charge in [0, 0.05) is 10.6 Å². The van der Waals surface area contributed by atoms with Crippen LogP contribution in [0.3, 0.4) is 0 Å². The zero-order chi connectivity index (χ0) is 12.2. The highest BCUT2D eigenvalue weighted by Crippen LogP contribution is 2.25. The Hall–Kier alpha value is -0.470. The van der Waals surface area contributed by atoms with Crippen molar-refractivity contribution in [2.75, 3.05) is 5.75 Å². The van der Waals surface area contributed by atoms with Crippen molar-refractivity contribution in [3.8, 4) is 0 Å². The molecule has 0 fully saturated rings. The van der Waals surface area contributed by atoms with Crippen LogP contribution < -0.4 is 0 Å². The molecule has 1 atom stereocenters. The second-order valence-corrected chi connectivity index (χ2v) is 5.91. The van der Waals surface area contributed by atoms with Crippen LogP contribution in [0.25, 0.3) is 0 Å². The first kappa shape index (κ1) is 13.6. The second kappa shape index (κ2) is 5.74. The van der Waals surface area contributed by atoms with Crippen LogP contribution in [0.4, 0.5) is 0 Å². The van der Waals surface area contributed by atoms with Gasteiger partial charge in [-0.1, -0.05) is 32.9 Å². The van der Waals surface area contributed by atoms with Crippen LogP contribution in [-0.2, 0) is 0 Å². The van der Waals surface area contributed by atoms with Gasteiger partial charge in [0.1, 0.15) is 0 Å². The minimum atomic E-state index is -0.554. The van der Waals surface area contributed by atoms with E-state index in [2.05, 4.69) is 38.1 Å². The number of rotatable bonds is 5. The average molecular weight is 238 g/mol. The van der Waals surface area contributed by atoms with Crippen molar-refractivity contribution in [2.45, 2.75) is 50.5 Å². The summed E-state index contributed by atoms with van der Waals surface area (Å²) in [6.45, 7) is 8.30. The zero-order valence-electron chi connectivity index (χ0n) is 10.7. The minimum Gasteiger partial charge on any atom is -0.389 e. The zero-order valence-corrected chi connectivity index (χ0v) is 11.5. The highest BCUT2D eigenvalue weighted by Gasteiger charge is 2.17. The van der Waals surface area contributed by atoms with Crippen molar-refractivity contribution in [2.24, 2.45) is 0 Å². The van der Waals surface area contributed by atoms with Crippen LogP contribution in [-0.4, -0.2) is 16.5 Å². The van der Waals surface area contributed by atoms with Gasteiger partial charge in [0.2, 0.25) is 0 Å². The fourth-order valence-corrected chi connectivity index (χ4v) is 2.30. The van der Waals surface area contributed by atoms with Crippen LogP contribution in [0, 0.1) is 0 Å². The number of benzene rings is 1. The van der Waals surface area contributed by atoms with E-state index >= 15 is 0 Å². The Balaban J connectivity index is 2.56. The van der Waals surface area contributed by atoms with Crippen LogP contribution in [0.2, 0.25) is 0 Å². The van der Waals surface area contributed by atoms with Crippen LogP contribution in [0.5, 0.6) is 0 Å². The Morgan fingerprint density at radius 2 is 1.81 bits per heavy atom. The van der Waals surface area contributed by atoms with Crippen LogP contribution in [0.1, 0.15) is 45.6 Å². The third-order valence-electron chi connectivity index (χ3n) is 2.86. The summed E-state index contributed by atoms with van der Waals surface area (Å²) >= 11 is 1.72. The molecule has 16 heavy (non-hydrogen) atoms. The molecule has 0 aliphatic rings. The fourth-order valence-electron chi connectivity index (χ4n) is 1.29. The van der Waals surface area contributed by atoms with Crippen LogP contribution >= 0.6 is 11.8 Å². The third-order valence-corrected chi connectivity index (χ3v) is 4.23. The topological polar surface area (TPSA) is 20.2 Å². The first-order chi connectivity index (χ1) is 7.44. The van der Waals surface area contributed by atoms with Gasteiger partial charge in [-0.05, 0) is 37.0 Å². The van der Waals surface area contributed by atoms with E-state index in [4.69, 9.17) is 0 Å². The molecule has 0 aromatic heterocycles. The molecule has 0 saturated heterocycles. The lowest BCUT2D eigenvalue weighted by molar-refractivity contribution is 0.0816. The molecule has 1 aromatic rings. The van der Waals surface area contributed by atoms with Gasteiger partial charge in [-0.25, -0.2) is 0 Å². The van der Waals surface area contributed by atoms with Gasteiger partial charge in [-0.15, -0.1) is 11.8 Å². The Morgan fingerprint density at radius 1 is 1.25 bits per heavy atom. The molecule has 1 aromatic carbocycles. The fraction of sp³-hybridized carbons (Fsp3) is 0.571. The summed E-state index contributed by atoms with van der Waals surface area (Å²) in [4.78, 5) is 1.23. The Bertz CT molecular complexity index is 314. The standard InChI is InChI=1S/C14H22OS/c1-5-14(4,15)10-16-13-8-6-12(7-9-13)11(2)3/h6-9,11,15H,5,10H2,1-4H3. The predicted octanol–water partition coefficient (Wildman–Crippen LogP) is 4.06. The molecule has 1 rings (SSSR count). The molecule has 0 aliphatic carbocycles.